The highest BCUT2D eigenvalue weighted by Crippen LogP contribution is 2.31. The number of rotatable bonds is 0. The van der Waals surface area contributed by atoms with Gasteiger partial charge >= 0.3 is 0 Å². The van der Waals surface area contributed by atoms with E-state index in [0.717, 1.165) is 18.5 Å². The largest absolute Gasteiger partial charge is 0.465 e. The van der Waals surface area contributed by atoms with Crippen LogP contribution in [0.15, 0.2) is 4.99 Å². The molecule has 2 atom stereocenters. The van der Waals surface area contributed by atoms with Gasteiger partial charge in [0.25, 0.3) is 6.02 Å². The molecule has 0 amide bonds. The van der Waals surface area contributed by atoms with Gasteiger partial charge in [-0.3, -0.25) is 0 Å². The van der Waals surface area contributed by atoms with Gasteiger partial charge in [0.05, 0.1) is 6.61 Å². The van der Waals surface area contributed by atoms with Crippen LogP contribution in [-0.2, 0) is 4.74 Å². The van der Waals surface area contributed by atoms with Gasteiger partial charge < -0.3 is 9.64 Å². The van der Waals surface area contributed by atoms with E-state index in [1.165, 1.54) is 25.7 Å². The van der Waals surface area contributed by atoms with Crippen LogP contribution in [0.4, 0.5) is 0 Å². The van der Waals surface area contributed by atoms with E-state index in [4.69, 9.17) is 4.74 Å². The van der Waals surface area contributed by atoms with E-state index >= 15 is 0 Å². The van der Waals surface area contributed by atoms with Crippen LogP contribution in [0.3, 0.4) is 0 Å². The smallest absolute Gasteiger partial charge is 0.287 e. The summed E-state index contributed by atoms with van der Waals surface area (Å²) in [6.07, 6.45) is 5.37. The van der Waals surface area contributed by atoms with Gasteiger partial charge in [-0.15, -0.1) is 0 Å². The summed E-state index contributed by atoms with van der Waals surface area (Å²) in [6.45, 7) is 0.877. The summed E-state index contributed by atoms with van der Waals surface area (Å²) < 4.78 is 5.58. The highest BCUT2D eigenvalue weighted by Gasteiger charge is 2.34. The van der Waals surface area contributed by atoms with E-state index in [1.54, 1.807) is 7.05 Å². The van der Waals surface area contributed by atoms with Gasteiger partial charge in [0.1, 0.15) is 0 Å². The number of aliphatic imine (C=N–C) groups is 1. The molecule has 1 aliphatic heterocycles. The zero-order valence-corrected chi connectivity index (χ0v) is 8.49. The lowest BCUT2D eigenvalue weighted by molar-refractivity contribution is 0.0530. The van der Waals surface area contributed by atoms with E-state index in [9.17, 15) is 0 Å². The summed E-state index contributed by atoms with van der Waals surface area (Å²) in [5.74, 6) is 0.740. The molecule has 1 saturated heterocycles. The SMILES string of the molecule is CN=C1OC[C@@H]2CCCC[C@H]2N1C. The maximum Gasteiger partial charge on any atom is 0.287 e. The van der Waals surface area contributed by atoms with Gasteiger partial charge in [-0.2, -0.15) is 0 Å². The van der Waals surface area contributed by atoms with E-state index in [2.05, 4.69) is 16.9 Å². The Morgan fingerprint density at radius 2 is 2.15 bits per heavy atom. The molecule has 74 valence electrons. The van der Waals surface area contributed by atoms with Crippen LogP contribution in [0.1, 0.15) is 25.7 Å². The molecule has 0 aromatic rings. The second kappa shape index (κ2) is 3.56. The lowest BCUT2D eigenvalue weighted by Gasteiger charge is -2.43. The monoisotopic (exact) mass is 182 g/mol. The number of hydrogen-bond acceptors (Lipinski definition) is 2. The Balaban J connectivity index is 2.09. The van der Waals surface area contributed by atoms with Crippen LogP contribution in [0.25, 0.3) is 0 Å². The maximum absolute atomic E-state index is 5.58. The molecule has 2 rings (SSSR count). The quantitative estimate of drug-likeness (QED) is 0.567. The van der Waals surface area contributed by atoms with Crippen molar-refractivity contribution in [2.75, 3.05) is 20.7 Å². The Morgan fingerprint density at radius 3 is 2.92 bits per heavy atom. The molecule has 3 nitrogen and oxygen atoms in total. The fraction of sp³-hybridized carbons (Fsp3) is 0.900. The third-order valence-electron chi connectivity index (χ3n) is 3.29. The molecule has 1 aliphatic carbocycles. The Morgan fingerprint density at radius 1 is 1.38 bits per heavy atom. The lowest BCUT2D eigenvalue weighted by Crippen LogP contribution is -2.50. The van der Waals surface area contributed by atoms with Gasteiger partial charge in [-0.1, -0.05) is 12.8 Å². The molecule has 0 N–H and O–H groups in total. The van der Waals surface area contributed by atoms with Crippen molar-refractivity contribution in [2.24, 2.45) is 10.9 Å². The van der Waals surface area contributed by atoms with Crippen molar-refractivity contribution in [3.05, 3.63) is 0 Å². The molecule has 2 fully saturated rings. The standard InChI is InChI=1S/C10H18N2O/c1-11-10-12(2)9-6-4-3-5-8(9)7-13-10/h8-9H,3-7H2,1-2H3/t8-,9+/m0/s1. The van der Waals surface area contributed by atoms with Gasteiger partial charge in [0.2, 0.25) is 0 Å². The number of amidine groups is 1. The van der Waals surface area contributed by atoms with E-state index in [-0.39, 0.29) is 0 Å². The zero-order valence-electron chi connectivity index (χ0n) is 8.49. The average molecular weight is 182 g/mol. The maximum atomic E-state index is 5.58. The van der Waals surface area contributed by atoms with Gasteiger partial charge in [-0.05, 0) is 12.8 Å². The summed E-state index contributed by atoms with van der Waals surface area (Å²) in [5, 5.41) is 0. The van der Waals surface area contributed by atoms with Crippen molar-refractivity contribution in [3.63, 3.8) is 0 Å². The van der Waals surface area contributed by atoms with Crippen LogP contribution in [-0.4, -0.2) is 37.7 Å². The summed E-state index contributed by atoms with van der Waals surface area (Å²) in [4.78, 5) is 6.36. The molecule has 0 unspecified atom stereocenters. The first-order chi connectivity index (χ1) is 6.33. The topological polar surface area (TPSA) is 24.8 Å². The van der Waals surface area contributed by atoms with Crippen LogP contribution < -0.4 is 0 Å². The lowest BCUT2D eigenvalue weighted by atomic mass is 9.83. The third kappa shape index (κ3) is 1.52. The molecule has 0 aromatic heterocycles. The fourth-order valence-corrected chi connectivity index (χ4v) is 2.54. The number of hydrogen-bond donors (Lipinski definition) is 0. The second-order valence-corrected chi connectivity index (χ2v) is 4.04. The molecule has 0 bridgehead atoms. The Bertz CT molecular complexity index is 215. The first kappa shape index (κ1) is 8.85. The molecule has 2 aliphatic rings. The number of ether oxygens (including phenoxy) is 1. The van der Waals surface area contributed by atoms with E-state index < -0.39 is 0 Å². The normalized spacial score (nSPS) is 37.1. The Kier molecular flexibility index (Phi) is 2.42. The van der Waals surface area contributed by atoms with Crippen molar-refractivity contribution >= 4 is 6.02 Å². The molecular weight excluding hydrogens is 164 g/mol. The molecule has 0 radical (unpaired) electrons. The van der Waals surface area contributed by atoms with Crippen molar-refractivity contribution in [3.8, 4) is 0 Å². The van der Waals surface area contributed by atoms with Gasteiger partial charge in [0.15, 0.2) is 0 Å². The van der Waals surface area contributed by atoms with Gasteiger partial charge in [-0.25, -0.2) is 4.99 Å². The Hall–Kier alpha value is -0.730. The summed E-state index contributed by atoms with van der Waals surface area (Å²) in [7, 11) is 3.90. The number of nitrogens with zero attached hydrogens (tertiary/aromatic N) is 2. The van der Waals surface area contributed by atoms with Crippen molar-refractivity contribution < 1.29 is 4.74 Å². The number of fused-ring (bicyclic) bond motifs is 1. The predicted octanol–water partition coefficient (Wildman–Crippen LogP) is 1.49. The molecule has 3 heteroatoms. The minimum absolute atomic E-state index is 0.682. The first-order valence-electron chi connectivity index (χ1n) is 5.15. The summed E-state index contributed by atoms with van der Waals surface area (Å²) >= 11 is 0. The first-order valence-corrected chi connectivity index (χ1v) is 5.15. The summed E-state index contributed by atoms with van der Waals surface area (Å²) in [6, 6.07) is 1.50. The van der Waals surface area contributed by atoms with Crippen molar-refractivity contribution in [1.82, 2.24) is 4.90 Å². The van der Waals surface area contributed by atoms with E-state index in [0.29, 0.717) is 6.04 Å². The van der Waals surface area contributed by atoms with Crippen molar-refractivity contribution in [2.45, 2.75) is 31.7 Å². The highest BCUT2D eigenvalue weighted by molar-refractivity contribution is 5.74. The second-order valence-electron chi connectivity index (χ2n) is 4.04. The fourth-order valence-electron chi connectivity index (χ4n) is 2.54. The minimum atomic E-state index is 0.682. The van der Waals surface area contributed by atoms with Crippen LogP contribution in [0, 0.1) is 5.92 Å². The van der Waals surface area contributed by atoms with Crippen molar-refractivity contribution in [1.29, 1.82) is 0 Å². The Labute approximate surface area is 79.8 Å². The van der Waals surface area contributed by atoms with Crippen LogP contribution in [0.5, 0.6) is 0 Å². The molecule has 0 aromatic carbocycles. The molecular formula is C10H18N2O. The predicted molar refractivity (Wildman–Crippen MR) is 52.8 cm³/mol. The average Bonchev–Trinajstić information content (AvgIpc) is 2.19. The van der Waals surface area contributed by atoms with Crippen LogP contribution >= 0.6 is 0 Å². The molecule has 13 heavy (non-hydrogen) atoms. The molecule has 1 heterocycles. The van der Waals surface area contributed by atoms with Gasteiger partial charge in [0, 0.05) is 26.1 Å². The minimum Gasteiger partial charge on any atom is -0.465 e. The van der Waals surface area contributed by atoms with Crippen LogP contribution in [0.2, 0.25) is 0 Å². The third-order valence-corrected chi connectivity index (χ3v) is 3.29. The highest BCUT2D eigenvalue weighted by atomic mass is 16.5. The van der Waals surface area contributed by atoms with E-state index in [1.807, 2.05) is 0 Å². The molecule has 0 spiro atoms. The summed E-state index contributed by atoms with van der Waals surface area (Å²) in [5.41, 5.74) is 0. The zero-order chi connectivity index (χ0) is 9.26. The molecule has 1 saturated carbocycles.